The first-order valence-corrected chi connectivity index (χ1v) is 10.9. The minimum absolute atomic E-state index is 0.143. The van der Waals surface area contributed by atoms with E-state index in [-0.39, 0.29) is 16.4 Å². The van der Waals surface area contributed by atoms with Gasteiger partial charge in [-0.05, 0) is 32.0 Å². The fourth-order valence-electron chi connectivity index (χ4n) is 2.72. The van der Waals surface area contributed by atoms with Gasteiger partial charge in [0.2, 0.25) is 0 Å². The van der Waals surface area contributed by atoms with E-state index in [9.17, 15) is 16.8 Å². The SMILES string of the molecule is COCCCN[C@H]1CS(=O)(=O)C[C@@H]1S(=O)(=O)c1ccc(C)cc1. The van der Waals surface area contributed by atoms with E-state index in [0.717, 1.165) is 5.56 Å². The Morgan fingerprint density at radius 3 is 2.48 bits per heavy atom. The zero-order valence-electron chi connectivity index (χ0n) is 13.4. The molecule has 1 fully saturated rings. The van der Waals surface area contributed by atoms with Crippen molar-refractivity contribution in [2.75, 3.05) is 31.8 Å². The third-order valence-corrected chi connectivity index (χ3v) is 8.15. The molecule has 2 rings (SSSR count). The molecule has 6 nitrogen and oxygen atoms in total. The van der Waals surface area contributed by atoms with Crippen LogP contribution in [-0.4, -0.2) is 59.9 Å². The van der Waals surface area contributed by atoms with Gasteiger partial charge in [0.05, 0.1) is 21.7 Å². The van der Waals surface area contributed by atoms with E-state index in [0.29, 0.717) is 19.6 Å². The minimum Gasteiger partial charge on any atom is -0.385 e. The van der Waals surface area contributed by atoms with Crippen LogP contribution in [0.3, 0.4) is 0 Å². The number of nitrogens with one attached hydrogen (secondary N) is 1. The van der Waals surface area contributed by atoms with Crippen LogP contribution in [0.2, 0.25) is 0 Å². The summed E-state index contributed by atoms with van der Waals surface area (Å²) in [5.41, 5.74) is 0.956. The van der Waals surface area contributed by atoms with E-state index in [4.69, 9.17) is 4.74 Å². The zero-order valence-corrected chi connectivity index (χ0v) is 15.0. The second-order valence-corrected chi connectivity index (χ2v) is 10.2. The van der Waals surface area contributed by atoms with Gasteiger partial charge in [0.15, 0.2) is 19.7 Å². The third-order valence-electron chi connectivity index (χ3n) is 3.98. The van der Waals surface area contributed by atoms with Gasteiger partial charge in [-0.15, -0.1) is 0 Å². The second kappa shape index (κ2) is 7.29. The largest absolute Gasteiger partial charge is 0.385 e. The molecule has 1 aliphatic heterocycles. The third kappa shape index (κ3) is 4.53. The molecule has 23 heavy (non-hydrogen) atoms. The summed E-state index contributed by atoms with van der Waals surface area (Å²) in [6.07, 6.45) is 0.699. The van der Waals surface area contributed by atoms with Gasteiger partial charge >= 0.3 is 0 Å². The Balaban J connectivity index is 2.21. The van der Waals surface area contributed by atoms with E-state index in [2.05, 4.69) is 5.32 Å². The maximum atomic E-state index is 12.8. The smallest absolute Gasteiger partial charge is 0.183 e. The Kier molecular flexibility index (Phi) is 5.83. The van der Waals surface area contributed by atoms with Crippen LogP contribution in [0.1, 0.15) is 12.0 Å². The lowest BCUT2D eigenvalue weighted by molar-refractivity contribution is 0.193. The molecule has 0 radical (unpaired) electrons. The van der Waals surface area contributed by atoms with Crippen molar-refractivity contribution in [3.05, 3.63) is 29.8 Å². The van der Waals surface area contributed by atoms with E-state index in [1.807, 2.05) is 6.92 Å². The highest BCUT2D eigenvalue weighted by atomic mass is 32.2. The molecule has 0 aromatic heterocycles. The Bertz CT molecular complexity index is 726. The number of hydrogen-bond acceptors (Lipinski definition) is 6. The van der Waals surface area contributed by atoms with Crippen LogP contribution in [0.25, 0.3) is 0 Å². The highest BCUT2D eigenvalue weighted by Crippen LogP contribution is 2.26. The highest BCUT2D eigenvalue weighted by Gasteiger charge is 2.45. The molecule has 0 spiro atoms. The molecule has 0 unspecified atom stereocenters. The van der Waals surface area contributed by atoms with Crippen LogP contribution in [0.15, 0.2) is 29.2 Å². The lowest BCUT2D eigenvalue weighted by atomic mass is 10.2. The molecule has 0 saturated carbocycles. The number of aryl methyl sites for hydroxylation is 1. The first-order chi connectivity index (χ1) is 10.8. The van der Waals surface area contributed by atoms with E-state index in [1.165, 1.54) is 12.1 Å². The molecule has 1 aromatic carbocycles. The molecule has 1 aliphatic rings. The molecular weight excluding hydrogens is 338 g/mol. The summed E-state index contributed by atoms with van der Waals surface area (Å²) in [5, 5.41) is 2.12. The van der Waals surface area contributed by atoms with Gasteiger partial charge in [-0.1, -0.05) is 17.7 Å². The lowest BCUT2D eigenvalue weighted by Crippen LogP contribution is -2.43. The molecule has 1 saturated heterocycles. The van der Waals surface area contributed by atoms with Crippen molar-refractivity contribution in [1.82, 2.24) is 5.32 Å². The lowest BCUT2D eigenvalue weighted by Gasteiger charge is -2.20. The van der Waals surface area contributed by atoms with Gasteiger partial charge in [-0.25, -0.2) is 16.8 Å². The number of sulfone groups is 2. The van der Waals surface area contributed by atoms with Gasteiger partial charge in [0.25, 0.3) is 0 Å². The van der Waals surface area contributed by atoms with Crippen molar-refractivity contribution >= 4 is 19.7 Å². The summed E-state index contributed by atoms with van der Waals surface area (Å²) in [6, 6.07) is 5.94. The van der Waals surface area contributed by atoms with Gasteiger partial charge < -0.3 is 10.1 Å². The van der Waals surface area contributed by atoms with Crippen molar-refractivity contribution < 1.29 is 21.6 Å². The van der Waals surface area contributed by atoms with Gasteiger partial charge in [-0.2, -0.15) is 0 Å². The van der Waals surface area contributed by atoms with Crippen LogP contribution in [0.4, 0.5) is 0 Å². The fraction of sp³-hybridized carbons (Fsp3) is 0.600. The Morgan fingerprint density at radius 1 is 1.22 bits per heavy atom. The quantitative estimate of drug-likeness (QED) is 0.714. The van der Waals surface area contributed by atoms with Crippen molar-refractivity contribution in [2.45, 2.75) is 29.5 Å². The van der Waals surface area contributed by atoms with E-state index >= 15 is 0 Å². The summed E-state index contributed by atoms with van der Waals surface area (Å²) in [7, 11) is -5.46. The molecule has 0 aliphatic carbocycles. The number of methoxy groups -OCH3 is 1. The van der Waals surface area contributed by atoms with Crippen LogP contribution < -0.4 is 5.32 Å². The average Bonchev–Trinajstić information content (AvgIpc) is 2.80. The van der Waals surface area contributed by atoms with Crippen molar-refractivity contribution in [3.63, 3.8) is 0 Å². The molecule has 1 aromatic rings. The Morgan fingerprint density at radius 2 is 1.87 bits per heavy atom. The van der Waals surface area contributed by atoms with Crippen LogP contribution in [0, 0.1) is 6.92 Å². The summed E-state index contributed by atoms with van der Waals surface area (Å²) in [6.45, 7) is 2.94. The fourth-order valence-corrected chi connectivity index (χ4v) is 7.43. The van der Waals surface area contributed by atoms with Crippen molar-refractivity contribution in [1.29, 1.82) is 0 Å². The number of hydrogen-bond donors (Lipinski definition) is 1. The molecular formula is C15H23NO5S2. The van der Waals surface area contributed by atoms with Crippen molar-refractivity contribution in [3.8, 4) is 0 Å². The minimum atomic E-state index is -3.69. The normalized spacial score (nSPS) is 23.9. The predicted molar refractivity (Wildman–Crippen MR) is 89.1 cm³/mol. The molecule has 2 atom stereocenters. The van der Waals surface area contributed by atoms with Gasteiger partial charge in [0.1, 0.15) is 0 Å². The molecule has 1 heterocycles. The summed E-state index contributed by atoms with van der Waals surface area (Å²) in [4.78, 5) is 0.175. The first kappa shape index (κ1) is 18.4. The van der Waals surface area contributed by atoms with Crippen LogP contribution in [0.5, 0.6) is 0 Å². The second-order valence-electron chi connectivity index (χ2n) is 5.88. The molecule has 1 N–H and O–H groups in total. The van der Waals surface area contributed by atoms with Crippen molar-refractivity contribution in [2.24, 2.45) is 0 Å². The number of benzene rings is 1. The monoisotopic (exact) mass is 361 g/mol. The molecule has 0 amide bonds. The molecule has 8 heteroatoms. The topological polar surface area (TPSA) is 89.5 Å². The standard InChI is InChI=1S/C15H23NO5S2/c1-12-4-6-13(7-5-12)23(19,20)15-11-22(17,18)10-14(15)16-8-3-9-21-2/h4-7,14-16H,3,8-11H2,1-2H3/t14-,15-/m0/s1. The maximum absolute atomic E-state index is 12.8. The van der Waals surface area contributed by atoms with E-state index < -0.39 is 31.0 Å². The molecule has 0 bridgehead atoms. The predicted octanol–water partition coefficient (Wildman–Crippen LogP) is 0.560. The van der Waals surface area contributed by atoms with Crippen LogP contribution >= 0.6 is 0 Å². The number of ether oxygens (including phenoxy) is 1. The van der Waals surface area contributed by atoms with Gasteiger partial charge in [-0.3, -0.25) is 0 Å². The summed E-state index contributed by atoms with van der Waals surface area (Å²) < 4.78 is 54.4. The Labute approximate surface area is 138 Å². The summed E-state index contributed by atoms with van der Waals surface area (Å²) >= 11 is 0. The summed E-state index contributed by atoms with van der Waals surface area (Å²) in [5.74, 6) is -0.471. The zero-order chi connectivity index (χ0) is 17.1. The van der Waals surface area contributed by atoms with Gasteiger partial charge in [0, 0.05) is 19.8 Å². The maximum Gasteiger partial charge on any atom is 0.183 e. The van der Waals surface area contributed by atoms with E-state index in [1.54, 1.807) is 19.2 Å². The molecule has 130 valence electrons. The van der Waals surface area contributed by atoms with Crippen LogP contribution in [-0.2, 0) is 24.4 Å². The first-order valence-electron chi connectivity index (χ1n) is 7.49. The average molecular weight is 361 g/mol. The Hall–Kier alpha value is -0.960. The number of rotatable bonds is 7. The highest BCUT2D eigenvalue weighted by molar-refractivity contribution is 7.96.